The van der Waals surface area contributed by atoms with E-state index in [1.54, 1.807) is 4.83 Å². The fourth-order valence-corrected chi connectivity index (χ4v) is 1.69. The Bertz CT molecular complexity index is 454. The number of hydrogen-bond acceptors (Lipinski definition) is 5. The molecule has 0 fully saturated rings. The molecule has 0 aliphatic carbocycles. The van der Waals surface area contributed by atoms with Gasteiger partial charge in [0.1, 0.15) is 0 Å². The first kappa shape index (κ1) is 11.6. The van der Waals surface area contributed by atoms with Gasteiger partial charge in [-0.3, -0.25) is 16.0 Å². The Morgan fingerprint density at radius 2 is 1.87 bits per heavy atom. The standard InChI is InChI=1S/C7H9N3O4S/c8-9-15(13,14)5-6-1-3-7(4-2-6)10(11)12/h1-4,9H,5,8H2. The van der Waals surface area contributed by atoms with E-state index >= 15 is 0 Å². The van der Waals surface area contributed by atoms with Gasteiger partial charge in [-0.2, -0.15) is 4.83 Å². The Kier molecular flexibility index (Phi) is 3.35. The monoisotopic (exact) mass is 231 g/mol. The molecule has 1 aromatic carbocycles. The van der Waals surface area contributed by atoms with Crippen molar-refractivity contribution in [3.63, 3.8) is 0 Å². The number of nitrogens with one attached hydrogen (secondary N) is 1. The minimum atomic E-state index is -3.55. The number of sulfonamides is 1. The number of nitrogens with two attached hydrogens (primary N) is 1. The van der Waals surface area contributed by atoms with Crippen LogP contribution >= 0.6 is 0 Å². The molecule has 0 spiro atoms. The van der Waals surface area contributed by atoms with Gasteiger partial charge >= 0.3 is 0 Å². The summed E-state index contributed by atoms with van der Waals surface area (Å²) in [6.45, 7) is 0. The van der Waals surface area contributed by atoms with Gasteiger partial charge in [-0.25, -0.2) is 8.42 Å². The van der Waals surface area contributed by atoms with Gasteiger partial charge in [0.25, 0.3) is 5.69 Å². The maximum Gasteiger partial charge on any atom is 0.269 e. The highest BCUT2D eigenvalue weighted by Gasteiger charge is 2.10. The van der Waals surface area contributed by atoms with E-state index in [4.69, 9.17) is 5.84 Å². The van der Waals surface area contributed by atoms with Crippen molar-refractivity contribution in [2.45, 2.75) is 5.75 Å². The van der Waals surface area contributed by atoms with Crippen molar-refractivity contribution in [3.05, 3.63) is 39.9 Å². The zero-order chi connectivity index (χ0) is 11.5. The third-order valence-electron chi connectivity index (χ3n) is 1.68. The van der Waals surface area contributed by atoms with Gasteiger partial charge in [0.15, 0.2) is 0 Å². The number of non-ortho nitro benzene ring substituents is 1. The van der Waals surface area contributed by atoms with Gasteiger partial charge in [-0.05, 0) is 5.56 Å². The van der Waals surface area contributed by atoms with E-state index in [2.05, 4.69) is 0 Å². The van der Waals surface area contributed by atoms with Gasteiger partial charge in [0.05, 0.1) is 10.7 Å². The summed E-state index contributed by atoms with van der Waals surface area (Å²) in [5.41, 5.74) is 0.343. The van der Waals surface area contributed by atoms with Gasteiger partial charge < -0.3 is 0 Å². The Labute approximate surface area is 86.1 Å². The zero-order valence-corrected chi connectivity index (χ0v) is 8.40. The van der Waals surface area contributed by atoms with Crippen molar-refractivity contribution in [1.82, 2.24) is 4.83 Å². The quantitative estimate of drug-likeness (QED) is 0.426. The van der Waals surface area contributed by atoms with Crippen molar-refractivity contribution in [2.75, 3.05) is 0 Å². The molecule has 7 nitrogen and oxygen atoms in total. The topological polar surface area (TPSA) is 115 Å². The van der Waals surface area contributed by atoms with E-state index in [0.717, 1.165) is 0 Å². The molecular weight excluding hydrogens is 222 g/mol. The third kappa shape index (κ3) is 3.27. The van der Waals surface area contributed by atoms with Crippen molar-refractivity contribution >= 4 is 15.7 Å². The number of rotatable bonds is 4. The Morgan fingerprint density at radius 1 is 1.33 bits per heavy atom. The van der Waals surface area contributed by atoms with Crippen molar-refractivity contribution in [1.29, 1.82) is 0 Å². The molecule has 0 unspecified atom stereocenters. The molecule has 0 heterocycles. The van der Waals surface area contributed by atoms with Crippen LogP contribution in [-0.4, -0.2) is 13.3 Å². The maximum absolute atomic E-state index is 11.0. The zero-order valence-electron chi connectivity index (χ0n) is 7.58. The van der Waals surface area contributed by atoms with Crippen LogP contribution in [0, 0.1) is 10.1 Å². The average molecular weight is 231 g/mol. The predicted molar refractivity (Wildman–Crippen MR) is 53.0 cm³/mol. The Balaban J connectivity index is 2.86. The number of nitrogens with zero attached hydrogens (tertiary/aromatic N) is 1. The fraction of sp³-hybridized carbons (Fsp3) is 0.143. The van der Waals surface area contributed by atoms with Crippen molar-refractivity contribution < 1.29 is 13.3 Å². The molecule has 0 aliphatic rings. The first-order valence-corrected chi connectivity index (χ1v) is 5.53. The Morgan fingerprint density at radius 3 is 2.27 bits per heavy atom. The molecule has 0 radical (unpaired) electrons. The molecule has 0 amide bonds. The predicted octanol–water partition coefficient (Wildman–Crippen LogP) is -0.112. The van der Waals surface area contributed by atoms with Crippen LogP contribution in [0.25, 0.3) is 0 Å². The van der Waals surface area contributed by atoms with Crippen LogP contribution in [0.1, 0.15) is 5.56 Å². The van der Waals surface area contributed by atoms with Crippen LogP contribution in [0.5, 0.6) is 0 Å². The highest BCUT2D eigenvalue weighted by Crippen LogP contribution is 2.13. The summed E-state index contributed by atoms with van der Waals surface area (Å²) in [6, 6.07) is 5.21. The lowest BCUT2D eigenvalue weighted by molar-refractivity contribution is -0.384. The highest BCUT2D eigenvalue weighted by molar-refractivity contribution is 7.88. The molecule has 3 N–H and O–H groups in total. The molecule has 0 aromatic heterocycles. The van der Waals surface area contributed by atoms with E-state index in [1.165, 1.54) is 24.3 Å². The molecule has 1 rings (SSSR count). The summed E-state index contributed by atoms with van der Waals surface area (Å²) in [6.07, 6.45) is 0. The second-order valence-corrected chi connectivity index (χ2v) is 4.55. The third-order valence-corrected chi connectivity index (χ3v) is 2.76. The summed E-state index contributed by atoms with van der Waals surface area (Å²) >= 11 is 0. The first-order chi connectivity index (χ1) is 6.94. The lowest BCUT2D eigenvalue weighted by Gasteiger charge is -2.01. The molecule has 0 saturated carbocycles. The molecule has 0 bridgehead atoms. The Hall–Kier alpha value is -1.51. The molecule has 1 aromatic rings. The molecule has 0 aliphatic heterocycles. The summed E-state index contributed by atoms with van der Waals surface area (Å²) < 4.78 is 22.0. The molecule has 15 heavy (non-hydrogen) atoms. The lowest BCUT2D eigenvalue weighted by Crippen LogP contribution is -2.31. The maximum atomic E-state index is 11.0. The number of hydrazine groups is 1. The van der Waals surface area contributed by atoms with Gasteiger partial charge in [-0.15, -0.1) is 0 Å². The molecular formula is C7H9N3O4S. The number of nitro benzene ring substituents is 1. The van der Waals surface area contributed by atoms with E-state index in [-0.39, 0.29) is 11.4 Å². The van der Waals surface area contributed by atoms with Gasteiger partial charge in [0.2, 0.25) is 10.0 Å². The summed E-state index contributed by atoms with van der Waals surface area (Å²) in [7, 11) is -3.55. The van der Waals surface area contributed by atoms with E-state index in [9.17, 15) is 18.5 Å². The minimum absolute atomic E-state index is 0.0862. The van der Waals surface area contributed by atoms with E-state index in [1.807, 2.05) is 0 Å². The summed E-state index contributed by atoms with van der Waals surface area (Å²) in [5.74, 6) is 4.48. The van der Waals surface area contributed by atoms with Crippen LogP contribution in [-0.2, 0) is 15.8 Å². The number of benzene rings is 1. The van der Waals surface area contributed by atoms with Crippen molar-refractivity contribution in [2.24, 2.45) is 5.84 Å². The normalized spacial score (nSPS) is 11.3. The second kappa shape index (κ2) is 4.34. The second-order valence-electron chi connectivity index (χ2n) is 2.80. The van der Waals surface area contributed by atoms with E-state index in [0.29, 0.717) is 5.56 Å². The molecule has 0 atom stereocenters. The van der Waals surface area contributed by atoms with Gasteiger partial charge in [0, 0.05) is 12.1 Å². The smallest absolute Gasteiger partial charge is 0.258 e. The minimum Gasteiger partial charge on any atom is -0.258 e. The van der Waals surface area contributed by atoms with Crippen LogP contribution in [0.15, 0.2) is 24.3 Å². The molecule has 8 heteroatoms. The van der Waals surface area contributed by atoms with E-state index < -0.39 is 14.9 Å². The molecule has 0 saturated heterocycles. The SMILES string of the molecule is NNS(=O)(=O)Cc1ccc([N+](=O)[O-])cc1. The largest absolute Gasteiger partial charge is 0.269 e. The summed E-state index contributed by atoms with van der Waals surface area (Å²) in [4.78, 5) is 11.4. The van der Waals surface area contributed by atoms with Crippen LogP contribution in [0.3, 0.4) is 0 Å². The fourth-order valence-electron chi connectivity index (χ4n) is 0.975. The van der Waals surface area contributed by atoms with Crippen molar-refractivity contribution in [3.8, 4) is 0 Å². The number of nitro groups is 1. The molecule has 82 valence electrons. The number of hydrogen-bond donors (Lipinski definition) is 2. The van der Waals surface area contributed by atoms with Gasteiger partial charge in [-0.1, -0.05) is 12.1 Å². The first-order valence-electron chi connectivity index (χ1n) is 3.88. The lowest BCUT2D eigenvalue weighted by atomic mass is 10.2. The van der Waals surface area contributed by atoms with Crippen LogP contribution in [0.2, 0.25) is 0 Å². The average Bonchev–Trinajstić information content (AvgIpc) is 2.18. The summed E-state index contributed by atoms with van der Waals surface area (Å²) in [5, 5.41) is 10.3. The van der Waals surface area contributed by atoms with Crippen LogP contribution in [0.4, 0.5) is 5.69 Å². The van der Waals surface area contributed by atoms with Crippen LogP contribution < -0.4 is 10.7 Å². The highest BCUT2D eigenvalue weighted by atomic mass is 32.2.